The van der Waals surface area contributed by atoms with Gasteiger partial charge in [-0.2, -0.15) is 5.10 Å². The minimum Gasteiger partial charge on any atom is -0.394 e. The molecule has 102 valence electrons. The van der Waals surface area contributed by atoms with Crippen LogP contribution in [0.4, 0.5) is 5.69 Å². The maximum Gasteiger partial charge on any atom is 0.0646 e. The third-order valence-electron chi connectivity index (χ3n) is 3.44. The van der Waals surface area contributed by atoms with E-state index in [2.05, 4.69) is 36.1 Å². The minimum absolute atomic E-state index is 0.121. The fourth-order valence-corrected chi connectivity index (χ4v) is 2.29. The average Bonchev–Trinajstić information content (AvgIpc) is 2.68. The molecule has 0 atom stereocenters. The van der Waals surface area contributed by atoms with Crippen molar-refractivity contribution in [2.45, 2.75) is 26.9 Å². The molecule has 4 heteroatoms. The van der Waals surface area contributed by atoms with Gasteiger partial charge in [0.15, 0.2) is 0 Å². The van der Waals surface area contributed by atoms with Crippen LogP contribution in [0.5, 0.6) is 0 Å². The van der Waals surface area contributed by atoms with Crippen molar-refractivity contribution in [3.63, 3.8) is 0 Å². The third kappa shape index (κ3) is 2.96. The Kier molecular flexibility index (Phi) is 4.22. The van der Waals surface area contributed by atoms with Crippen LogP contribution >= 0.6 is 0 Å². The predicted octanol–water partition coefficient (Wildman–Crippen LogP) is 2.13. The fourth-order valence-electron chi connectivity index (χ4n) is 2.29. The predicted molar refractivity (Wildman–Crippen MR) is 77.3 cm³/mol. The molecule has 1 N–H and O–H groups in total. The van der Waals surface area contributed by atoms with Crippen LogP contribution in [0.15, 0.2) is 30.3 Å². The van der Waals surface area contributed by atoms with E-state index in [1.54, 1.807) is 0 Å². The van der Waals surface area contributed by atoms with E-state index >= 15 is 0 Å². The lowest BCUT2D eigenvalue weighted by atomic mass is 10.1. The molecule has 2 rings (SSSR count). The van der Waals surface area contributed by atoms with Gasteiger partial charge in [0.25, 0.3) is 0 Å². The summed E-state index contributed by atoms with van der Waals surface area (Å²) >= 11 is 0. The number of hydrogen-bond acceptors (Lipinski definition) is 3. The number of hydrogen-bond donors (Lipinski definition) is 1. The summed E-state index contributed by atoms with van der Waals surface area (Å²) in [5, 5.41) is 13.5. The van der Waals surface area contributed by atoms with Crippen molar-refractivity contribution in [1.82, 2.24) is 9.78 Å². The number of aryl methyl sites for hydroxylation is 1. The lowest BCUT2D eigenvalue weighted by Gasteiger charge is -2.19. The Morgan fingerprint density at radius 1 is 1.21 bits per heavy atom. The second-order valence-electron chi connectivity index (χ2n) is 4.79. The summed E-state index contributed by atoms with van der Waals surface area (Å²) in [4.78, 5) is 2.21. The van der Waals surface area contributed by atoms with Crippen molar-refractivity contribution in [3.8, 4) is 0 Å². The Hall–Kier alpha value is -1.81. The molecule has 0 bridgehead atoms. The van der Waals surface area contributed by atoms with Crippen molar-refractivity contribution >= 4 is 5.69 Å². The van der Waals surface area contributed by atoms with Gasteiger partial charge < -0.3 is 10.0 Å². The number of rotatable bonds is 5. The van der Waals surface area contributed by atoms with Crippen LogP contribution in [0.2, 0.25) is 0 Å². The number of nitrogens with zero attached hydrogens (tertiary/aromatic N) is 3. The number of para-hydroxylation sites is 1. The molecule has 0 saturated carbocycles. The first-order chi connectivity index (χ1) is 9.13. The summed E-state index contributed by atoms with van der Waals surface area (Å²) in [5.41, 5.74) is 4.60. The van der Waals surface area contributed by atoms with E-state index in [1.807, 2.05) is 29.8 Å². The Morgan fingerprint density at radius 2 is 1.89 bits per heavy atom. The molecule has 2 aromatic rings. The molecule has 1 aromatic carbocycles. The van der Waals surface area contributed by atoms with Crippen LogP contribution < -0.4 is 4.90 Å². The zero-order chi connectivity index (χ0) is 13.8. The molecule has 4 nitrogen and oxygen atoms in total. The van der Waals surface area contributed by atoms with Crippen LogP contribution in [0, 0.1) is 13.8 Å². The smallest absolute Gasteiger partial charge is 0.0646 e. The highest BCUT2D eigenvalue weighted by Crippen LogP contribution is 2.19. The maximum absolute atomic E-state index is 9.03. The molecule has 0 fully saturated rings. The third-order valence-corrected chi connectivity index (χ3v) is 3.44. The van der Waals surface area contributed by atoms with Gasteiger partial charge in [0.1, 0.15) is 0 Å². The molecule has 1 heterocycles. The molecule has 0 aliphatic carbocycles. The van der Waals surface area contributed by atoms with E-state index < -0.39 is 0 Å². The van der Waals surface area contributed by atoms with E-state index in [0.29, 0.717) is 6.54 Å². The quantitative estimate of drug-likeness (QED) is 0.894. The van der Waals surface area contributed by atoms with Gasteiger partial charge in [0, 0.05) is 30.5 Å². The highest BCUT2D eigenvalue weighted by atomic mass is 16.3. The standard InChI is InChI=1S/C15H21N3O/c1-12-15(13(2)18(16-12)9-10-19)11-17(3)14-7-5-4-6-8-14/h4-8,19H,9-11H2,1-3H3. The van der Waals surface area contributed by atoms with E-state index in [9.17, 15) is 0 Å². The van der Waals surface area contributed by atoms with Gasteiger partial charge in [-0.15, -0.1) is 0 Å². The van der Waals surface area contributed by atoms with Crippen LogP contribution in [0.3, 0.4) is 0 Å². The number of benzene rings is 1. The zero-order valence-electron chi connectivity index (χ0n) is 11.8. The van der Waals surface area contributed by atoms with Gasteiger partial charge in [-0.25, -0.2) is 0 Å². The number of aliphatic hydroxyl groups is 1. The fraction of sp³-hybridized carbons (Fsp3) is 0.400. The Morgan fingerprint density at radius 3 is 2.53 bits per heavy atom. The van der Waals surface area contributed by atoms with Gasteiger partial charge in [0.2, 0.25) is 0 Å². The van der Waals surface area contributed by atoms with Crippen molar-refractivity contribution in [2.24, 2.45) is 0 Å². The molecule has 0 unspecified atom stereocenters. The van der Waals surface area contributed by atoms with E-state index in [0.717, 1.165) is 17.9 Å². The normalized spacial score (nSPS) is 10.7. The van der Waals surface area contributed by atoms with Gasteiger partial charge in [-0.05, 0) is 26.0 Å². The van der Waals surface area contributed by atoms with E-state index in [4.69, 9.17) is 5.11 Å². The van der Waals surface area contributed by atoms with Crippen molar-refractivity contribution < 1.29 is 5.11 Å². The largest absolute Gasteiger partial charge is 0.394 e. The molecule has 0 aliphatic heterocycles. The van der Waals surface area contributed by atoms with Crippen LogP contribution in [-0.2, 0) is 13.1 Å². The van der Waals surface area contributed by atoms with Crippen molar-refractivity contribution in [1.29, 1.82) is 0 Å². The molecule has 0 radical (unpaired) electrons. The number of anilines is 1. The van der Waals surface area contributed by atoms with Crippen molar-refractivity contribution in [2.75, 3.05) is 18.6 Å². The first kappa shape index (κ1) is 13.6. The second-order valence-corrected chi connectivity index (χ2v) is 4.79. The van der Waals surface area contributed by atoms with Crippen LogP contribution in [0.25, 0.3) is 0 Å². The average molecular weight is 259 g/mol. The first-order valence-corrected chi connectivity index (χ1v) is 6.53. The van der Waals surface area contributed by atoms with Crippen molar-refractivity contribution in [3.05, 3.63) is 47.3 Å². The molecule has 0 amide bonds. The number of aliphatic hydroxyl groups excluding tert-OH is 1. The SMILES string of the molecule is Cc1nn(CCO)c(C)c1CN(C)c1ccccc1. The van der Waals surface area contributed by atoms with E-state index in [1.165, 1.54) is 11.3 Å². The lowest BCUT2D eigenvalue weighted by molar-refractivity contribution is 0.268. The molecule has 0 saturated heterocycles. The van der Waals surface area contributed by atoms with E-state index in [-0.39, 0.29) is 6.61 Å². The lowest BCUT2D eigenvalue weighted by Crippen LogP contribution is -2.17. The Balaban J connectivity index is 2.19. The molecular weight excluding hydrogens is 238 g/mol. The zero-order valence-corrected chi connectivity index (χ0v) is 11.8. The van der Waals surface area contributed by atoms with Crippen LogP contribution in [-0.4, -0.2) is 28.5 Å². The summed E-state index contributed by atoms with van der Waals surface area (Å²) in [7, 11) is 2.08. The summed E-state index contributed by atoms with van der Waals surface area (Å²) < 4.78 is 1.88. The summed E-state index contributed by atoms with van der Waals surface area (Å²) in [6, 6.07) is 10.3. The van der Waals surface area contributed by atoms with Crippen LogP contribution in [0.1, 0.15) is 17.0 Å². The van der Waals surface area contributed by atoms with Gasteiger partial charge in [0.05, 0.1) is 18.8 Å². The summed E-state index contributed by atoms with van der Waals surface area (Å²) in [5.74, 6) is 0. The Bertz CT molecular complexity index is 534. The Labute approximate surface area is 114 Å². The molecular formula is C15H21N3O. The van der Waals surface area contributed by atoms with Gasteiger partial charge in [-0.1, -0.05) is 18.2 Å². The molecule has 1 aromatic heterocycles. The topological polar surface area (TPSA) is 41.3 Å². The summed E-state index contributed by atoms with van der Waals surface area (Å²) in [6.45, 7) is 5.59. The van der Waals surface area contributed by atoms with Gasteiger partial charge >= 0.3 is 0 Å². The molecule has 0 spiro atoms. The highest BCUT2D eigenvalue weighted by molar-refractivity contribution is 5.46. The molecule has 19 heavy (non-hydrogen) atoms. The summed E-state index contributed by atoms with van der Waals surface area (Å²) in [6.07, 6.45) is 0. The van der Waals surface area contributed by atoms with Gasteiger partial charge in [-0.3, -0.25) is 4.68 Å². The minimum atomic E-state index is 0.121. The monoisotopic (exact) mass is 259 g/mol. The maximum atomic E-state index is 9.03. The second kappa shape index (κ2) is 5.89. The molecule has 0 aliphatic rings. The highest BCUT2D eigenvalue weighted by Gasteiger charge is 2.13. The first-order valence-electron chi connectivity index (χ1n) is 6.53. The number of aromatic nitrogens is 2.